The molecule has 0 amide bonds. The van der Waals surface area contributed by atoms with Crippen LogP contribution in [-0.4, -0.2) is 9.91 Å². The van der Waals surface area contributed by atoms with Crippen LogP contribution in [0, 0.1) is 10.1 Å². The highest BCUT2D eigenvalue weighted by Gasteiger charge is 2.11. The number of aromatic nitrogens is 1. The molecule has 0 unspecified atom stereocenters. The molecule has 0 aliphatic carbocycles. The van der Waals surface area contributed by atoms with Crippen LogP contribution < -0.4 is 0 Å². The van der Waals surface area contributed by atoms with Crippen molar-refractivity contribution in [3.05, 3.63) is 57.7 Å². The van der Waals surface area contributed by atoms with Gasteiger partial charge in [0.1, 0.15) is 6.20 Å². The van der Waals surface area contributed by atoms with E-state index in [4.69, 9.17) is 11.6 Å². The number of rotatable bonds is 2. The molecule has 1 aromatic heterocycles. The van der Waals surface area contributed by atoms with Gasteiger partial charge in [0.05, 0.1) is 15.6 Å². The zero-order valence-corrected chi connectivity index (χ0v) is 8.89. The molecule has 1 aromatic carbocycles. The van der Waals surface area contributed by atoms with Crippen LogP contribution in [-0.2, 0) is 0 Å². The number of halogens is 1. The zero-order chi connectivity index (χ0) is 11.5. The molecule has 0 spiro atoms. The molecule has 0 fully saturated rings. The molecular formula is C11H7ClN2O2. The van der Waals surface area contributed by atoms with Crippen molar-refractivity contribution >= 4 is 17.3 Å². The third-order valence-corrected chi connectivity index (χ3v) is 2.37. The number of nitrogens with zero attached hydrogens (tertiary/aromatic N) is 2. The third kappa shape index (κ3) is 2.01. The van der Waals surface area contributed by atoms with Gasteiger partial charge in [-0.2, -0.15) is 0 Å². The van der Waals surface area contributed by atoms with Gasteiger partial charge in [0.15, 0.2) is 0 Å². The van der Waals surface area contributed by atoms with Crippen LogP contribution in [0.5, 0.6) is 0 Å². The molecule has 0 radical (unpaired) electrons. The fraction of sp³-hybridized carbons (Fsp3) is 0. The van der Waals surface area contributed by atoms with Gasteiger partial charge in [-0.15, -0.1) is 0 Å². The van der Waals surface area contributed by atoms with Crippen LogP contribution in [0.15, 0.2) is 42.6 Å². The van der Waals surface area contributed by atoms with Crippen LogP contribution in [0.3, 0.4) is 0 Å². The van der Waals surface area contributed by atoms with Gasteiger partial charge in [-0.3, -0.25) is 10.1 Å². The lowest BCUT2D eigenvalue weighted by molar-refractivity contribution is -0.385. The lowest BCUT2D eigenvalue weighted by Crippen LogP contribution is -1.91. The van der Waals surface area contributed by atoms with Crippen molar-refractivity contribution in [3.63, 3.8) is 0 Å². The van der Waals surface area contributed by atoms with Crippen molar-refractivity contribution in [2.75, 3.05) is 0 Å². The summed E-state index contributed by atoms with van der Waals surface area (Å²) in [5, 5.41) is 10.8. The molecule has 5 heteroatoms. The molecule has 0 aliphatic heterocycles. The molecule has 2 aromatic rings. The average Bonchev–Trinajstić information content (AvgIpc) is 2.30. The highest BCUT2D eigenvalue weighted by Crippen LogP contribution is 2.28. The monoisotopic (exact) mass is 234 g/mol. The third-order valence-electron chi connectivity index (χ3n) is 2.08. The molecule has 4 nitrogen and oxygen atoms in total. The van der Waals surface area contributed by atoms with Crippen LogP contribution >= 0.6 is 11.6 Å². The Balaban J connectivity index is 2.48. The fourth-order valence-electron chi connectivity index (χ4n) is 1.34. The van der Waals surface area contributed by atoms with Crippen molar-refractivity contribution in [1.29, 1.82) is 0 Å². The second-order valence-corrected chi connectivity index (χ2v) is 3.55. The molecule has 0 N–H and O–H groups in total. The average molecular weight is 235 g/mol. The smallest absolute Gasteiger partial charge is 0.258 e. The van der Waals surface area contributed by atoms with Crippen molar-refractivity contribution in [1.82, 2.24) is 4.98 Å². The maximum Gasteiger partial charge on any atom is 0.289 e. The second kappa shape index (κ2) is 4.28. The first-order chi connectivity index (χ1) is 7.68. The Kier molecular flexibility index (Phi) is 2.83. The Morgan fingerprint density at radius 3 is 2.50 bits per heavy atom. The zero-order valence-electron chi connectivity index (χ0n) is 8.13. The summed E-state index contributed by atoms with van der Waals surface area (Å²) in [5.41, 5.74) is 1.28. The molecular weight excluding hydrogens is 228 g/mol. The van der Waals surface area contributed by atoms with Crippen LogP contribution in [0.25, 0.3) is 11.3 Å². The molecule has 16 heavy (non-hydrogen) atoms. The summed E-state index contributed by atoms with van der Waals surface area (Å²) < 4.78 is 0. The largest absolute Gasteiger partial charge is 0.289 e. The van der Waals surface area contributed by atoms with Crippen molar-refractivity contribution in [2.45, 2.75) is 0 Å². The first-order valence-electron chi connectivity index (χ1n) is 4.54. The normalized spacial score (nSPS) is 10.1. The number of hydrogen-bond donors (Lipinski definition) is 0. The van der Waals surface area contributed by atoms with E-state index in [-0.39, 0.29) is 10.7 Å². The summed E-state index contributed by atoms with van der Waals surface area (Å²) in [5.74, 6) is 0. The van der Waals surface area contributed by atoms with E-state index in [2.05, 4.69) is 4.98 Å². The van der Waals surface area contributed by atoms with E-state index in [1.807, 2.05) is 30.3 Å². The number of nitro groups is 1. The minimum atomic E-state index is -0.520. The van der Waals surface area contributed by atoms with Gasteiger partial charge < -0.3 is 0 Å². The highest BCUT2D eigenvalue weighted by molar-refractivity contribution is 6.33. The summed E-state index contributed by atoms with van der Waals surface area (Å²) >= 11 is 5.94. The molecule has 2 rings (SSSR count). The van der Waals surface area contributed by atoms with Gasteiger partial charge in [-0.1, -0.05) is 41.9 Å². The van der Waals surface area contributed by atoms with Gasteiger partial charge in [0.2, 0.25) is 0 Å². The standard InChI is InChI=1S/C11H7ClN2O2/c12-10-6-9(14(15)16)7-13-11(10)8-4-2-1-3-5-8/h1-7H. The summed E-state index contributed by atoms with van der Waals surface area (Å²) in [6.45, 7) is 0. The van der Waals surface area contributed by atoms with Crippen LogP contribution in [0.4, 0.5) is 5.69 Å². The van der Waals surface area contributed by atoms with E-state index in [1.165, 1.54) is 12.3 Å². The molecule has 0 aliphatic rings. The molecule has 80 valence electrons. The number of pyridine rings is 1. The Morgan fingerprint density at radius 2 is 1.94 bits per heavy atom. The Labute approximate surface area is 96.7 Å². The lowest BCUT2D eigenvalue weighted by Gasteiger charge is -2.02. The van der Waals surface area contributed by atoms with E-state index >= 15 is 0 Å². The van der Waals surface area contributed by atoms with Crippen molar-refractivity contribution < 1.29 is 4.92 Å². The van der Waals surface area contributed by atoms with E-state index in [0.29, 0.717) is 5.69 Å². The van der Waals surface area contributed by atoms with E-state index in [1.54, 1.807) is 0 Å². The second-order valence-electron chi connectivity index (χ2n) is 3.15. The predicted molar refractivity (Wildman–Crippen MR) is 61.3 cm³/mol. The lowest BCUT2D eigenvalue weighted by atomic mass is 10.1. The first-order valence-corrected chi connectivity index (χ1v) is 4.91. The molecule has 0 bridgehead atoms. The van der Waals surface area contributed by atoms with Crippen molar-refractivity contribution in [2.24, 2.45) is 0 Å². The Bertz CT molecular complexity index is 529. The van der Waals surface area contributed by atoms with E-state index < -0.39 is 4.92 Å². The van der Waals surface area contributed by atoms with Gasteiger partial charge >= 0.3 is 0 Å². The van der Waals surface area contributed by atoms with Gasteiger partial charge in [-0.25, -0.2) is 4.98 Å². The summed E-state index contributed by atoms with van der Waals surface area (Å²) in [7, 11) is 0. The maximum absolute atomic E-state index is 10.5. The van der Waals surface area contributed by atoms with Crippen LogP contribution in [0.2, 0.25) is 5.02 Å². The number of hydrogen-bond acceptors (Lipinski definition) is 3. The topological polar surface area (TPSA) is 56.0 Å². The molecule has 1 heterocycles. The minimum absolute atomic E-state index is 0.107. The Hall–Kier alpha value is -1.94. The van der Waals surface area contributed by atoms with Crippen molar-refractivity contribution in [3.8, 4) is 11.3 Å². The molecule has 0 atom stereocenters. The summed E-state index contributed by atoms with van der Waals surface area (Å²) in [6.07, 6.45) is 1.20. The number of benzene rings is 1. The summed E-state index contributed by atoms with van der Waals surface area (Å²) in [4.78, 5) is 14.0. The van der Waals surface area contributed by atoms with Gasteiger partial charge in [0, 0.05) is 11.6 Å². The van der Waals surface area contributed by atoms with E-state index in [9.17, 15) is 10.1 Å². The highest BCUT2D eigenvalue weighted by atomic mass is 35.5. The van der Waals surface area contributed by atoms with Gasteiger partial charge in [-0.05, 0) is 0 Å². The predicted octanol–water partition coefficient (Wildman–Crippen LogP) is 3.31. The Morgan fingerprint density at radius 1 is 1.25 bits per heavy atom. The van der Waals surface area contributed by atoms with Crippen LogP contribution in [0.1, 0.15) is 0 Å². The minimum Gasteiger partial charge on any atom is -0.258 e. The van der Waals surface area contributed by atoms with E-state index in [0.717, 1.165) is 5.56 Å². The summed E-state index contributed by atoms with van der Waals surface area (Å²) in [6, 6.07) is 10.6. The quantitative estimate of drug-likeness (QED) is 0.592. The maximum atomic E-state index is 10.5. The SMILES string of the molecule is O=[N+]([O-])c1cnc(-c2ccccc2)c(Cl)c1. The molecule has 0 saturated heterocycles. The molecule has 0 saturated carbocycles. The first kappa shape index (κ1) is 10.6. The fourth-order valence-corrected chi connectivity index (χ4v) is 1.61. The van der Waals surface area contributed by atoms with Gasteiger partial charge in [0.25, 0.3) is 5.69 Å².